The molecule has 116 valence electrons. The van der Waals surface area contributed by atoms with Gasteiger partial charge in [-0.1, -0.05) is 11.8 Å². The quantitative estimate of drug-likeness (QED) is 0.514. The number of nitrogens with zero attached hydrogens (tertiary/aromatic N) is 2. The molecule has 0 radical (unpaired) electrons. The van der Waals surface area contributed by atoms with Crippen molar-refractivity contribution in [3.05, 3.63) is 35.1 Å². The average molecular weight is 319 g/mol. The lowest BCUT2D eigenvalue weighted by atomic mass is 10.0. The third-order valence-corrected chi connectivity index (χ3v) is 3.64. The van der Waals surface area contributed by atoms with Crippen LogP contribution in [0.5, 0.6) is 0 Å². The van der Waals surface area contributed by atoms with Crippen LogP contribution in [-0.4, -0.2) is 28.6 Å². The number of hydrogen-bond donors (Lipinski definition) is 1. The molecule has 0 saturated carbocycles. The standard InChI is InChI=1S/C16H18FN3OS/c1-9(2)18-15-13(8-21)14(19-16(20-15)22-4)12-6-5-11(17)7-10(12)3/h5-9H,1-4H3,(H,18,19,20). The van der Waals surface area contributed by atoms with E-state index in [4.69, 9.17) is 0 Å². The molecule has 6 heteroatoms. The van der Waals surface area contributed by atoms with E-state index in [1.54, 1.807) is 13.0 Å². The summed E-state index contributed by atoms with van der Waals surface area (Å²) in [7, 11) is 0. The van der Waals surface area contributed by atoms with Crippen LogP contribution >= 0.6 is 11.8 Å². The van der Waals surface area contributed by atoms with Gasteiger partial charge in [0.25, 0.3) is 0 Å². The van der Waals surface area contributed by atoms with Gasteiger partial charge in [-0.25, -0.2) is 14.4 Å². The maximum absolute atomic E-state index is 13.3. The monoisotopic (exact) mass is 319 g/mol. The zero-order chi connectivity index (χ0) is 16.3. The highest BCUT2D eigenvalue weighted by Gasteiger charge is 2.17. The highest BCUT2D eigenvalue weighted by Crippen LogP contribution is 2.30. The summed E-state index contributed by atoms with van der Waals surface area (Å²) in [6, 6.07) is 4.57. The second kappa shape index (κ2) is 6.87. The van der Waals surface area contributed by atoms with E-state index < -0.39 is 0 Å². The van der Waals surface area contributed by atoms with E-state index in [1.165, 1.54) is 23.9 Å². The molecule has 0 atom stereocenters. The van der Waals surface area contributed by atoms with Gasteiger partial charge in [0.05, 0.1) is 11.3 Å². The van der Waals surface area contributed by atoms with Crippen molar-refractivity contribution in [2.75, 3.05) is 11.6 Å². The van der Waals surface area contributed by atoms with Gasteiger partial charge >= 0.3 is 0 Å². The zero-order valence-corrected chi connectivity index (χ0v) is 13.8. The molecule has 1 heterocycles. The Labute approximate surface area is 133 Å². The minimum absolute atomic E-state index is 0.130. The maximum atomic E-state index is 13.3. The summed E-state index contributed by atoms with van der Waals surface area (Å²) in [5, 5.41) is 3.73. The predicted octanol–water partition coefficient (Wildman–Crippen LogP) is 3.95. The van der Waals surface area contributed by atoms with Crippen molar-refractivity contribution < 1.29 is 9.18 Å². The van der Waals surface area contributed by atoms with Crippen molar-refractivity contribution in [1.82, 2.24) is 9.97 Å². The zero-order valence-electron chi connectivity index (χ0n) is 13.0. The smallest absolute Gasteiger partial charge is 0.189 e. The fourth-order valence-corrected chi connectivity index (χ4v) is 2.50. The number of benzene rings is 1. The molecule has 0 aliphatic heterocycles. The minimum Gasteiger partial charge on any atom is -0.367 e. The number of nitrogens with one attached hydrogen (secondary N) is 1. The van der Waals surface area contributed by atoms with Crippen LogP contribution in [0.4, 0.5) is 10.2 Å². The third-order valence-electron chi connectivity index (χ3n) is 3.09. The van der Waals surface area contributed by atoms with Crippen molar-refractivity contribution >= 4 is 23.9 Å². The van der Waals surface area contributed by atoms with E-state index in [2.05, 4.69) is 15.3 Å². The molecule has 4 nitrogen and oxygen atoms in total. The van der Waals surface area contributed by atoms with Crippen molar-refractivity contribution in [1.29, 1.82) is 0 Å². The van der Waals surface area contributed by atoms with Gasteiger partial charge in [-0.05, 0) is 50.8 Å². The Morgan fingerprint density at radius 2 is 2.05 bits per heavy atom. The van der Waals surface area contributed by atoms with Gasteiger partial charge in [0, 0.05) is 11.6 Å². The molecule has 0 fully saturated rings. The van der Waals surface area contributed by atoms with Crippen molar-refractivity contribution in [3.63, 3.8) is 0 Å². The number of hydrogen-bond acceptors (Lipinski definition) is 5. The molecule has 0 saturated heterocycles. The summed E-state index contributed by atoms with van der Waals surface area (Å²) < 4.78 is 13.3. The van der Waals surface area contributed by atoms with Crippen LogP contribution in [0.1, 0.15) is 29.8 Å². The molecule has 1 aromatic heterocycles. The van der Waals surface area contributed by atoms with Gasteiger partial charge in [0.15, 0.2) is 11.4 Å². The number of rotatable bonds is 5. The van der Waals surface area contributed by atoms with Crippen LogP contribution in [0.3, 0.4) is 0 Å². The number of aromatic nitrogens is 2. The molecule has 0 spiro atoms. The van der Waals surface area contributed by atoms with Gasteiger partial charge in [0.1, 0.15) is 11.6 Å². The summed E-state index contributed by atoms with van der Waals surface area (Å²) in [6.45, 7) is 5.74. The van der Waals surface area contributed by atoms with Crippen LogP contribution in [-0.2, 0) is 0 Å². The first-order valence-electron chi connectivity index (χ1n) is 6.90. The predicted molar refractivity (Wildman–Crippen MR) is 88.1 cm³/mol. The topological polar surface area (TPSA) is 54.9 Å². The lowest BCUT2D eigenvalue weighted by molar-refractivity contribution is 0.112. The molecule has 2 rings (SSSR count). The molecule has 1 aromatic carbocycles. The first-order chi connectivity index (χ1) is 10.5. The summed E-state index contributed by atoms with van der Waals surface area (Å²) in [5.74, 6) is 0.191. The lowest BCUT2D eigenvalue weighted by Gasteiger charge is -2.16. The second-order valence-corrected chi connectivity index (χ2v) is 5.97. The highest BCUT2D eigenvalue weighted by molar-refractivity contribution is 7.98. The average Bonchev–Trinajstić information content (AvgIpc) is 2.46. The minimum atomic E-state index is -0.312. The van der Waals surface area contributed by atoms with Crippen LogP contribution in [0.2, 0.25) is 0 Å². The normalized spacial score (nSPS) is 10.8. The Morgan fingerprint density at radius 3 is 2.59 bits per heavy atom. The number of aryl methyl sites for hydroxylation is 1. The van der Waals surface area contributed by atoms with E-state index in [1.807, 2.05) is 20.1 Å². The van der Waals surface area contributed by atoms with Crippen LogP contribution in [0.25, 0.3) is 11.3 Å². The summed E-state index contributed by atoms with van der Waals surface area (Å²) in [4.78, 5) is 20.4. The molecule has 0 aliphatic carbocycles. The van der Waals surface area contributed by atoms with E-state index in [0.717, 1.165) is 17.4 Å². The van der Waals surface area contributed by atoms with Crippen LogP contribution in [0.15, 0.2) is 23.4 Å². The largest absolute Gasteiger partial charge is 0.367 e. The van der Waals surface area contributed by atoms with Crippen LogP contribution < -0.4 is 5.32 Å². The van der Waals surface area contributed by atoms with Crippen LogP contribution in [0, 0.1) is 12.7 Å². The number of anilines is 1. The summed E-state index contributed by atoms with van der Waals surface area (Å²) in [5.41, 5.74) is 2.37. The van der Waals surface area contributed by atoms with E-state index in [-0.39, 0.29) is 11.9 Å². The Balaban J connectivity index is 2.69. The maximum Gasteiger partial charge on any atom is 0.189 e. The first-order valence-corrected chi connectivity index (χ1v) is 8.13. The fraction of sp³-hybridized carbons (Fsp3) is 0.312. The Bertz CT molecular complexity index is 704. The van der Waals surface area contributed by atoms with E-state index >= 15 is 0 Å². The number of thioether (sulfide) groups is 1. The number of carbonyl (C=O) groups excluding carboxylic acids is 1. The molecule has 0 bridgehead atoms. The fourth-order valence-electron chi connectivity index (χ4n) is 2.13. The van der Waals surface area contributed by atoms with E-state index in [0.29, 0.717) is 22.2 Å². The third kappa shape index (κ3) is 3.44. The number of halogens is 1. The lowest BCUT2D eigenvalue weighted by Crippen LogP contribution is -2.15. The molecule has 22 heavy (non-hydrogen) atoms. The highest BCUT2D eigenvalue weighted by atomic mass is 32.2. The first kappa shape index (κ1) is 16.4. The van der Waals surface area contributed by atoms with Crippen molar-refractivity contribution in [3.8, 4) is 11.3 Å². The summed E-state index contributed by atoms with van der Waals surface area (Å²) in [6.07, 6.45) is 2.61. The molecule has 2 aromatic rings. The molecular formula is C16H18FN3OS. The van der Waals surface area contributed by atoms with Gasteiger partial charge in [-0.15, -0.1) is 0 Å². The van der Waals surface area contributed by atoms with Gasteiger partial charge in [0.2, 0.25) is 0 Å². The molecular weight excluding hydrogens is 301 g/mol. The molecule has 0 aliphatic rings. The Morgan fingerprint density at radius 1 is 1.32 bits per heavy atom. The second-order valence-electron chi connectivity index (χ2n) is 5.20. The van der Waals surface area contributed by atoms with E-state index in [9.17, 15) is 9.18 Å². The Hall–Kier alpha value is -1.95. The Kier molecular flexibility index (Phi) is 5.13. The van der Waals surface area contributed by atoms with Crippen molar-refractivity contribution in [2.45, 2.75) is 32.0 Å². The molecule has 0 amide bonds. The summed E-state index contributed by atoms with van der Waals surface area (Å²) >= 11 is 1.39. The van der Waals surface area contributed by atoms with Gasteiger partial charge < -0.3 is 5.32 Å². The van der Waals surface area contributed by atoms with Crippen molar-refractivity contribution in [2.24, 2.45) is 0 Å². The molecule has 1 N–H and O–H groups in total. The van der Waals surface area contributed by atoms with Gasteiger partial charge in [-0.2, -0.15) is 0 Å². The number of aldehydes is 1. The van der Waals surface area contributed by atoms with Gasteiger partial charge in [-0.3, -0.25) is 4.79 Å². The number of carbonyl (C=O) groups is 1. The SMILES string of the molecule is CSc1nc(NC(C)C)c(C=O)c(-c2ccc(F)cc2C)n1. The molecule has 0 unspecified atom stereocenters.